The molecule has 0 fully saturated rings. The summed E-state index contributed by atoms with van der Waals surface area (Å²) in [4.78, 5) is 39.3. The van der Waals surface area contributed by atoms with E-state index in [1.165, 1.54) is 24.0 Å². The van der Waals surface area contributed by atoms with Gasteiger partial charge in [-0.25, -0.2) is 8.42 Å². The van der Waals surface area contributed by atoms with Crippen LogP contribution in [0.25, 0.3) is 0 Å². The molecule has 0 spiro atoms. The number of ketones is 1. The largest absolute Gasteiger partial charge is 0.354 e. The maximum Gasteiger partial charge on any atom is 0.244 e. The molecule has 2 amide bonds. The van der Waals surface area contributed by atoms with Gasteiger partial charge in [-0.15, -0.1) is 0 Å². The van der Waals surface area contributed by atoms with E-state index in [-0.39, 0.29) is 23.9 Å². The van der Waals surface area contributed by atoms with Gasteiger partial charge in [-0.05, 0) is 50.1 Å². The Hall–Kier alpha value is -2.72. The topological polar surface area (TPSA) is 104 Å². The normalized spacial score (nSPS) is 12.0. The number of halogens is 1. The second-order valence-electron chi connectivity index (χ2n) is 7.99. The maximum absolute atomic E-state index is 13.4. The monoisotopic (exact) mass is 551 g/mol. The molecule has 34 heavy (non-hydrogen) atoms. The molecule has 2 aromatic carbocycles. The van der Waals surface area contributed by atoms with Gasteiger partial charge in [0, 0.05) is 23.1 Å². The SMILES string of the molecule is CCCNC(=O)[C@H](C)N(Cc1ccc(Br)cc1)C(=O)CN(c1cccc(C(C)=O)c1)S(C)(=O)=O. The second kappa shape index (κ2) is 12.1. The Bertz CT molecular complexity index is 1140. The first-order chi connectivity index (χ1) is 15.9. The fourth-order valence-corrected chi connectivity index (χ4v) is 4.36. The van der Waals surface area contributed by atoms with Crippen molar-refractivity contribution in [1.82, 2.24) is 10.2 Å². The highest BCUT2D eigenvalue weighted by atomic mass is 79.9. The van der Waals surface area contributed by atoms with Gasteiger partial charge in [-0.1, -0.05) is 47.1 Å². The number of carbonyl (C=O) groups is 3. The van der Waals surface area contributed by atoms with E-state index in [9.17, 15) is 22.8 Å². The van der Waals surface area contributed by atoms with Gasteiger partial charge in [0.05, 0.1) is 11.9 Å². The van der Waals surface area contributed by atoms with Crippen LogP contribution in [-0.2, 0) is 26.2 Å². The summed E-state index contributed by atoms with van der Waals surface area (Å²) < 4.78 is 27.0. The molecular formula is C24H30BrN3O5S. The first-order valence-electron chi connectivity index (χ1n) is 10.8. The molecule has 10 heteroatoms. The molecule has 0 bridgehead atoms. The number of hydrogen-bond donors (Lipinski definition) is 1. The van der Waals surface area contributed by atoms with Crippen LogP contribution in [0.2, 0.25) is 0 Å². The number of benzene rings is 2. The number of nitrogens with one attached hydrogen (secondary N) is 1. The Balaban J connectivity index is 2.40. The van der Waals surface area contributed by atoms with Crippen molar-refractivity contribution >= 4 is 49.2 Å². The molecule has 0 heterocycles. The minimum absolute atomic E-state index is 0.123. The Morgan fingerprint density at radius 3 is 2.29 bits per heavy atom. The van der Waals surface area contributed by atoms with Crippen LogP contribution in [0.3, 0.4) is 0 Å². The number of nitrogens with zero attached hydrogens (tertiary/aromatic N) is 2. The van der Waals surface area contributed by atoms with Gasteiger partial charge in [-0.3, -0.25) is 18.7 Å². The number of anilines is 1. The molecule has 0 aliphatic heterocycles. The van der Waals surface area contributed by atoms with E-state index in [4.69, 9.17) is 0 Å². The Kier molecular flexibility index (Phi) is 9.81. The summed E-state index contributed by atoms with van der Waals surface area (Å²) >= 11 is 3.38. The van der Waals surface area contributed by atoms with E-state index >= 15 is 0 Å². The van der Waals surface area contributed by atoms with Crippen LogP contribution in [0.5, 0.6) is 0 Å². The van der Waals surface area contributed by atoms with Crippen molar-refractivity contribution in [3.05, 3.63) is 64.1 Å². The van der Waals surface area contributed by atoms with Crippen LogP contribution in [0.15, 0.2) is 53.0 Å². The smallest absolute Gasteiger partial charge is 0.244 e. The van der Waals surface area contributed by atoms with Gasteiger partial charge < -0.3 is 10.2 Å². The molecule has 8 nitrogen and oxygen atoms in total. The average Bonchev–Trinajstić information content (AvgIpc) is 2.79. The van der Waals surface area contributed by atoms with Gasteiger partial charge in [-0.2, -0.15) is 0 Å². The zero-order valence-electron chi connectivity index (χ0n) is 19.7. The highest BCUT2D eigenvalue weighted by molar-refractivity contribution is 9.10. The maximum atomic E-state index is 13.4. The van der Waals surface area contributed by atoms with Crippen molar-refractivity contribution in [1.29, 1.82) is 0 Å². The van der Waals surface area contributed by atoms with Crippen molar-refractivity contribution in [2.24, 2.45) is 0 Å². The molecular weight excluding hydrogens is 522 g/mol. The summed E-state index contributed by atoms with van der Waals surface area (Å²) in [6, 6.07) is 12.6. The molecule has 1 atom stereocenters. The van der Waals surface area contributed by atoms with Crippen LogP contribution in [0.4, 0.5) is 5.69 Å². The van der Waals surface area contributed by atoms with E-state index in [0.29, 0.717) is 12.1 Å². The highest BCUT2D eigenvalue weighted by Gasteiger charge is 2.30. The first kappa shape index (κ1) is 27.5. The summed E-state index contributed by atoms with van der Waals surface area (Å²) in [6.07, 6.45) is 1.74. The first-order valence-corrected chi connectivity index (χ1v) is 13.5. The zero-order valence-corrected chi connectivity index (χ0v) is 22.1. The van der Waals surface area contributed by atoms with Crippen LogP contribution in [0.1, 0.15) is 43.1 Å². The fourth-order valence-electron chi connectivity index (χ4n) is 3.26. The molecule has 0 saturated heterocycles. The molecule has 2 rings (SSSR count). The van der Waals surface area contributed by atoms with E-state index in [1.54, 1.807) is 19.1 Å². The summed E-state index contributed by atoms with van der Waals surface area (Å²) in [7, 11) is -3.86. The Morgan fingerprint density at radius 1 is 1.09 bits per heavy atom. The number of carbonyl (C=O) groups excluding carboxylic acids is 3. The zero-order chi connectivity index (χ0) is 25.5. The Labute approximate surface area is 209 Å². The lowest BCUT2D eigenvalue weighted by Gasteiger charge is -2.31. The lowest BCUT2D eigenvalue weighted by molar-refractivity contribution is -0.139. The van der Waals surface area contributed by atoms with E-state index in [0.717, 1.165) is 27.0 Å². The van der Waals surface area contributed by atoms with Crippen LogP contribution < -0.4 is 9.62 Å². The summed E-state index contributed by atoms with van der Waals surface area (Å²) in [5.41, 5.74) is 1.32. The second-order valence-corrected chi connectivity index (χ2v) is 10.8. The van der Waals surface area contributed by atoms with E-state index < -0.39 is 28.5 Å². The highest BCUT2D eigenvalue weighted by Crippen LogP contribution is 2.21. The standard InChI is InChI=1S/C24H30BrN3O5S/c1-5-13-26-24(31)17(2)27(15-19-9-11-21(25)12-10-19)23(30)16-28(34(4,32)33)22-8-6-7-20(14-22)18(3)29/h6-12,14,17H,5,13,15-16H2,1-4H3,(H,26,31)/t17-/m0/s1. The van der Waals surface area contributed by atoms with Crippen molar-refractivity contribution in [2.45, 2.75) is 39.8 Å². The fraction of sp³-hybridized carbons (Fsp3) is 0.375. The third-order valence-corrected chi connectivity index (χ3v) is 6.87. The van der Waals surface area contributed by atoms with Crippen LogP contribution in [-0.4, -0.2) is 56.3 Å². The van der Waals surface area contributed by atoms with Crippen molar-refractivity contribution in [3.8, 4) is 0 Å². The average molecular weight is 552 g/mol. The van der Waals surface area contributed by atoms with Crippen LogP contribution >= 0.6 is 15.9 Å². The summed E-state index contributed by atoms with van der Waals surface area (Å²) in [5.74, 6) is -1.09. The molecule has 184 valence electrons. The summed E-state index contributed by atoms with van der Waals surface area (Å²) in [5, 5.41) is 2.79. The lowest BCUT2D eigenvalue weighted by Crippen LogP contribution is -2.51. The predicted molar refractivity (Wildman–Crippen MR) is 136 cm³/mol. The predicted octanol–water partition coefficient (Wildman–Crippen LogP) is 3.36. The van der Waals surface area contributed by atoms with Gasteiger partial charge in [0.1, 0.15) is 12.6 Å². The third-order valence-electron chi connectivity index (χ3n) is 5.20. The van der Waals surface area contributed by atoms with E-state index in [2.05, 4.69) is 21.2 Å². The molecule has 0 unspecified atom stereocenters. The lowest BCUT2D eigenvalue weighted by atomic mass is 10.1. The minimum Gasteiger partial charge on any atom is -0.354 e. The van der Waals surface area contributed by atoms with Crippen molar-refractivity contribution < 1.29 is 22.8 Å². The molecule has 2 aromatic rings. The Morgan fingerprint density at radius 2 is 1.74 bits per heavy atom. The van der Waals surface area contributed by atoms with E-state index in [1.807, 2.05) is 31.2 Å². The van der Waals surface area contributed by atoms with Crippen molar-refractivity contribution in [2.75, 3.05) is 23.7 Å². The molecule has 0 radical (unpaired) electrons. The summed E-state index contributed by atoms with van der Waals surface area (Å²) in [6.45, 7) is 5.00. The van der Waals surface area contributed by atoms with Crippen molar-refractivity contribution in [3.63, 3.8) is 0 Å². The van der Waals surface area contributed by atoms with Crippen LogP contribution in [0, 0.1) is 0 Å². The molecule has 0 aliphatic rings. The van der Waals surface area contributed by atoms with Gasteiger partial charge in [0.25, 0.3) is 0 Å². The number of amides is 2. The number of rotatable bonds is 11. The van der Waals surface area contributed by atoms with Gasteiger partial charge >= 0.3 is 0 Å². The van der Waals surface area contributed by atoms with Gasteiger partial charge in [0.2, 0.25) is 21.8 Å². The van der Waals surface area contributed by atoms with Gasteiger partial charge in [0.15, 0.2) is 5.78 Å². The number of Topliss-reactive ketones (excluding diaryl/α,β-unsaturated/α-hetero) is 1. The number of sulfonamides is 1. The molecule has 0 saturated carbocycles. The third kappa shape index (κ3) is 7.66. The minimum atomic E-state index is -3.86. The quantitative estimate of drug-likeness (QED) is 0.431. The molecule has 0 aliphatic carbocycles. The molecule has 1 N–H and O–H groups in total. The molecule has 0 aromatic heterocycles. The number of hydrogen-bond acceptors (Lipinski definition) is 5.